The summed E-state index contributed by atoms with van der Waals surface area (Å²) in [6, 6.07) is 11.2. The Kier molecular flexibility index (Phi) is 3.22. The highest BCUT2D eigenvalue weighted by Gasteiger charge is 2.11. The number of benzene rings is 2. The van der Waals surface area contributed by atoms with Crippen molar-refractivity contribution >= 4 is 0 Å². The molecule has 0 radical (unpaired) electrons. The van der Waals surface area contributed by atoms with E-state index in [1.54, 1.807) is 6.07 Å². The van der Waals surface area contributed by atoms with Crippen LogP contribution in [-0.2, 0) is 13.0 Å². The van der Waals surface area contributed by atoms with Crippen molar-refractivity contribution in [2.24, 2.45) is 5.73 Å². The van der Waals surface area contributed by atoms with Gasteiger partial charge in [0.2, 0.25) is 0 Å². The number of halogens is 1. The molecule has 0 aromatic heterocycles. The van der Waals surface area contributed by atoms with E-state index in [2.05, 4.69) is 6.07 Å². The fraction of sp³-hybridized carbons (Fsp3) is 0.250. The van der Waals surface area contributed by atoms with Gasteiger partial charge in [0.25, 0.3) is 0 Å². The molecule has 2 N–H and O–H groups in total. The van der Waals surface area contributed by atoms with Crippen LogP contribution in [0.25, 0.3) is 11.1 Å². The van der Waals surface area contributed by atoms with Gasteiger partial charge in [0.1, 0.15) is 11.6 Å². The third kappa shape index (κ3) is 2.34. The first kappa shape index (κ1) is 12.2. The van der Waals surface area contributed by atoms with Gasteiger partial charge in [0.15, 0.2) is 0 Å². The van der Waals surface area contributed by atoms with E-state index >= 15 is 0 Å². The number of rotatable bonds is 2. The Morgan fingerprint density at radius 3 is 2.74 bits per heavy atom. The number of hydrogen-bond donors (Lipinski definition) is 1. The van der Waals surface area contributed by atoms with Crippen LogP contribution in [-0.4, -0.2) is 6.61 Å². The van der Waals surface area contributed by atoms with Gasteiger partial charge in [-0.1, -0.05) is 12.1 Å². The van der Waals surface area contributed by atoms with E-state index in [-0.39, 0.29) is 12.4 Å². The Morgan fingerprint density at radius 2 is 1.89 bits per heavy atom. The summed E-state index contributed by atoms with van der Waals surface area (Å²) in [5.74, 6) is 0.726. The van der Waals surface area contributed by atoms with Gasteiger partial charge in [-0.05, 0) is 53.8 Å². The molecular formula is C16H16FNO. The van der Waals surface area contributed by atoms with Crippen molar-refractivity contribution < 1.29 is 9.13 Å². The van der Waals surface area contributed by atoms with Crippen molar-refractivity contribution in [1.29, 1.82) is 0 Å². The summed E-state index contributed by atoms with van der Waals surface area (Å²) in [7, 11) is 0. The molecule has 3 rings (SSSR count). The lowest BCUT2D eigenvalue weighted by molar-refractivity contribution is 0.288. The summed E-state index contributed by atoms with van der Waals surface area (Å²) >= 11 is 0. The summed E-state index contributed by atoms with van der Waals surface area (Å²) in [4.78, 5) is 0. The Balaban J connectivity index is 2.02. The SMILES string of the molecule is NCc1cc(-c2ccc3c(c2)CCCO3)ccc1F. The van der Waals surface area contributed by atoms with Crippen LogP contribution < -0.4 is 10.5 Å². The Morgan fingerprint density at radius 1 is 1.11 bits per heavy atom. The van der Waals surface area contributed by atoms with E-state index in [9.17, 15) is 4.39 Å². The molecule has 0 spiro atoms. The van der Waals surface area contributed by atoms with Crippen molar-refractivity contribution in [3.8, 4) is 16.9 Å². The van der Waals surface area contributed by atoms with Crippen LogP contribution in [0.2, 0.25) is 0 Å². The van der Waals surface area contributed by atoms with Crippen LogP contribution in [0, 0.1) is 5.82 Å². The minimum Gasteiger partial charge on any atom is -0.493 e. The van der Waals surface area contributed by atoms with Gasteiger partial charge >= 0.3 is 0 Å². The number of hydrogen-bond acceptors (Lipinski definition) is 2. The first-order valence-electron chi connectivity index (χ1n) is 6.52. The summed E-state index contributed by atoms with van der Waals surface area (Å²) < 4.78 is 19.1. The minimum atomic E-state index is -0.243. The fourth-order valence-electron chi connectivity index (χ4n) is 2.45. The normalized spacial score (nSPS) is 13.8. The van der Waals surface area contributed by atoms with Gasteiger partial charge in [-0.3, -0.25) is 0 Å². The van der Waals surface area contributed by atoms with Gasteiger partial charge in [0.05, 0.1) is 6.61 Å². The molecule has 1 heterocycles. The molecule has 1 aliphatic heterocycles. The van der Waals surface area contributed by atoms with Crippen LogP contribution in [0.5, 0.6) is 5.75 Å². The van der Waals surface area contributed by atoms with Crippen molar-refractivity contribution in [3.05, 3.63) is 53.3 Å². The maximum absolute atomic E-state index is 13.5. The predicted molar refractivity (Wildman–Crippen MR) is 73.5 cm³/mol. The van der Waals surface area contributed by atoms with Crippen LogP contribution in [0.4, 0.5) is 4.39 Å². The second kappa shape index (κ2) is 5.02. The Hall–Kier alpha value is -1.87. The quantitative estimate of drug-likeness (QED) is 0.896. The summed E-state index contributed by atoms with van der Waals surface area (Å²) in [5, 5.41) is 0. The highest BCUT2D eigenvalue weighted by molar-refractivity contribution is 5.66. The van der Waals surface area contributed by atoms with Crippen molar-refractivity contribution in [2.45, 2.75) is 19.4 Å². The van der Waals surface area contributed by atoms with Gasteiger partial charge in [-0.25, -0.2) is 4.39 Å². The monoisotopic (exact) mass is 257 g/mol. The molecule has 0 fully saturated rings. The van der Waals surface area contributed by atoms with Crippen LogP contribution in [0.15, 0.2) is 36.4 Å². The van der Waals surface area contributed by atoms with E-state index in [0.717, 1.165) is 36.3 Å². The molecule has 0 saturated heterocycles. The predicted octanol–water partition coefficient (Wildman–Crippen LogP) is 3.28. The van der Waals surface area contributed by atoms with Crippen molar-refractivity contribution in [1.82, 2.24) is 0 Å². The minimum absolute atomic E-state index is 0.216. The Bertz CT molecular complexity index is 610. The van der Waals surface area contributed by atoms with Crippen LogP contribution in [0.1, 0.15) is 17.5 Å². The molecule has 0 amide bonds. The number of nitrogens with two attached hydrogens (primary N) is 1. The summed E-state index contributed by atoms with van der Waals surface area (Å²) in [6.45, 7) is 1.01. The number of aryl methyl sites for hydroxylation is 1. The van der Waals surface area contributed by atoms with E-state index < -0.39 is 0 Å². The Labute approximate surface area is 112 Å². The average molecular weight is 257 g/mol. The number of ether oxygens (including phenoxy) is 1. The lowest BCUT2D eigenvalue weighted by Gasteiger charge is -2.18. The van der Waals surface area contributed by atoms with Gasteiger partial charge in [-0.2, -0.15) is 0 Å². The number of fused-ring (bicyclic) bond motifs is 1. The van der Waals surface area contributed by atoms with Crippen molar-refractivity contribution in [3.63, 3.8) is 0 Å². The molecular weight excluding hydrogens is 241 g/mol. The molecule has 0 aliphatic carbocycles. The maximum Gasteiger partial charge on any atom is 0.127 e. The smallest absolute Gasteiger partial charge is 0.127 e. The molecule has 2 aromatic rings. The van der Waals surface area contributed by atoms with Gasteiger partial charge in [0, 0.05) is 12.1 Å². The topological polar surface area (TPSA) is 35.2 Å². The molecule has 0 atom stereocenters. The molecule has 2 nitrogen and oxygen atoms in total. The van der Waals surface area contributed by atoms with Gasteiger partial charge < -0.3 is 10.5 Å². The lowest BCUT2D eigenvalue weighted by atomic mass is 9.97. The summed E-state index contributed by atoms with van der Waals surface area (Å²) in [5.41, 5.74) is 9.40. The van der Waals surface area contributed by atoms with Crippen molar-refractivity contribution in [2.75, 3.05) is 6.61 Å². The molecule has 0 unspecified atom stereocenters. The first-order chi connectivity index (χ1) is 9.28. The molecule has 19 heavy (non-hydrogen) atoms. The van der Waals surface area contributed by atoms with Crippen LogP contribution in [0.3, 0.4) is 0 Å². The van der Waals surface area contributed by atoms with E-state index in [1.165, 1.54) is 11.6 Å². The van der Waals surface area contributed by atoms with E-state index in [4.69, 9.17) is 10.5 Å². The zero-order valence-corrected chi connectivity index (χ0v) is 10.7. The zero-order chi connectivity index (χ0) is 13.2. The lowest BCUT2D eigenvalue weighted by Crippen LogP contribution is -2.08. The summed E-state index contributed by atoms with van der Waals surface area (Å²) in [6.07, 6.45) is 2.09. The third-order valence-electron chi connectivity index (χ3n) is 3.51. The standard InChI is InChI=1S/C16H16FNO/c17-15-5-3-11(9-14(15)10-18)12-4-6-16-13(8-12)2-1-7-19-16/h3-6,8-9H,1-2,7,10,18H2. The molecule has 2 aromatic carbocycles. The zero-order valence-electron chi connectivity index (χ0n) is 10.7. The third-order valence-corrected chi connectivity index (χ3v) is 3.51. The fourth-order valence-corrected chi connectivity index (χ4v) is 2.45. The second-order valence-electron chi connectivity index (χ2n) is 4.78. The molecule has 98 valence electrons. The highest BCUT2D eigenvalue weighted by atomic mass is 19.1. The van der Waals surface area contributed by atoms with E-state index in [1.807, 2.05) is 18.2 Å². The largest absolute Gasteiger partial charge is 0.493 e. The highest BCUT2D eigenvalue weighted by Crippen LogP contribution is 2.30. The first-order valence-corrected chi connectivity index (χ1v) is 6.52. The second-order valence-corrected chi connectivity index (χ2v) is 4.78. The molecule has 0 bridgehead atoms. The maximum atomic E-state index is 13.5. The molecule has 3 heteroatoms. The van der Waals surface area contributed by atoms with Gasteiger partial charge in [-0.15, -0.1) is 0 Å². The average Bonchev–Trinajstić information content (AvgIpc) is 2.47. The van der Waals surface area contributed by atoms with E-state index in [0.29, 0.717) is 5.56 Å². The molecule has 1 aliphatic rings. The van der Waals surface area contributed by atoms with Crippen LogP contribution >= 0.6 is 0 Å². The molecule has 0 saturated carbocycles.